The van der Waals surface area contributed by atoms with Crippen molar-refractivity contribution in [2.24, 2.45) is 0 Å². The number of rotatable bonds is 6. The molecule has 0 spiro atoms. The summed E-state index contributed by atoms with van der Waals surface area (Å²) in [6.45, 7) is 4.14. The number of hydrogen-bond donors (Lipinski definition) is 1. The van der Waals surface area contributed by atoms with Crippen molar-refractivity contribution in [3.05, 3.63) is 81.4 Å². The van der Waals surface area contributed by atoms with Crippen LogP contribution >= 0.6 is 12.2 Å². The van der Waals surface area contributed by atoms with Crippen LogP contribution in [0.3, 0.4) is 0 Å². The molecule has 35 heavy (non-hydrogen) atoms. The van der Waals surface area contributed by atoms with Gasteiger partial charge in [0.1, 0.15) is 5.75 Å². The SMILES string of the molecule is COc1cc([N+](=O)[O-])ccc1-n1c(C)cc([C@H]2[C@@H](c3ccccn3)NC(=S)N2C2CCCC2)c1C. The molecule has 1 saturated carbocycles. The van der Waals surface area contributed by atoms with Gasteiger partial charge in [-0.1, -0.05) is 18.9 Å². The first-order valence-electron chi connectivity index (χ1n) is 11.9. The van der Waals surface area contributed by atoms with E-state index in [0.29, 0.717) is 11.8 Å². The fourth-order valence-corrected chi connectivity index (χ4v) is 6.09. The van der Waals surface area contributed by atoms with Crippen molar-refractivity contribution in [3.63, 3.8) is 0 Å². The predicted molar refractivity (Wildman–Crippen MR) is 138 cm³/mol. The van der Waals surface area contributed by atoms with Crippen molar-refractivity contribution in [3.8, 4) is 11.4 Å². The molecule has 2 aromatic heterocycles. The molecule has 0 amide bonds. The molecular weight excluding hydrogens is 462 g/mol. The Morgan fingerprint density at radius 3 is 2.60 bits per heavy atom. The monoisotopic (exact) mass is 491 g/mol. The maximum absolute atomic E-state index is 11.3. The van der Waals surface area contributed by atoms with E-state index in [0.717, 1.165) is 46.3 Å². The Kier molecular flexibility index (Phi) is 6.19. The van der Waals surface area contributed by atoms with Crippen LogP contribution in [0, 0.1) is 24.0 Å². The zero-order chi connectivity index (χ0) is 24.7. The van der Waals surface area contributed by atoms with Gasteiger partial charge in [-0.05, 0) is 68.7 Å². The van der Waals surface area contributed by atoms with Crippen LogP contribution in [0.25, 0.3) is 5.69 Å². The molecule has 9 heteroatoms. The summed E-state index contributed by atoms with van der Waals surface area (Å²) >= 11 is 5.88. The van der Waals surface area contributed by atoms with Gasteiger partial charge in [0.2, 0.25) is 0 Å². The standard InChI is InChI=1S/C26H29N5O3S/c1-16-14-20(17(2)29(16)22-12-11-19(31(32)33)15-23(22)34-3)25-24(21-10-6-7-13-27-21)28-26(35)30(25)18-8-4-5-9-18/h6-7,10-15,18,24-25H,4-5,8-9H2,1-3H3,(H,28,35)/t24-,25+/m1/s1. The van der Waals surface area contributed by atoms with Gasteiger partial charge in [-0.15, -0.1) is 0 Å². The lowest BCUT2D eigenvalue weighted by molar-refractivity contribution is -0.384. The molecule has 1 aromatic carbocycles. The summed E-state index contributed by atoms with van der Waals surface area (Å²) in [5.74, 6) is 0.460. The molecule has 2 aliphatic rings. The van der Waals surface area contributed by atoms with Crippen molar-refractivity contribution in [2.45, 2.75) is 57.7 Å². The largest absolute Gasteiger partial charge is 0.494 e. The van der Waals surface area contributed by atoms with Crippen LogP contribution in [0.15, 0.2) is 48.7 Å². The lowest BCUT2D eigenvalue weighted by Gasteiger charge is -2.33. The van der Waals surface area contributed by atoms with E-state index >= 15 is 0 Å². The van der Waals surface area contributed by atoms with Crippen molar-refractivity contribution < 1.29 is 9.66 Å². The lowest BCUT2D eigenvalue weighted by Crippen LogP contribution is -2.37. The van der Waals surface area contributed by atoms with Gasteiger partial charge in [-0.3, -0.25) is 15.1 Å². The number of methoxy groups -OCH3 is 1. The number of non-ortho nitro benzene ring substituents is 1. The minimum Gasteiger partial charge on any atom is -0.494 e. The summed E-state index contributed by atoms with van der Waals surface area (Å²) in [5, 5.41) is 15.6. The second-order valence-corrected chi connectivity index (χ2v) is 9.63. The predicted octanol–water partition coefficient (Wildman–Crippen LogP) is 5.32. The Bertz CT molecular complexity index is 1270. The highest BCUT2D eigenvalue weighted by Gasteiger charge is 2.44. The normalized spacial score (nSPS) is 20.3. The second kappa shape index (κ2) is 9.30. The number of nitro benzene ring substituents is 1. The molecule has 3 heterocycles. The molecule has 1 aliphatic heterocycles. The van der Waals surface area contributed by atoms with Crippen LogP contribution in [0.1, 0.15) is 60.4 Å². The third-order valence-corrected chi connectivity index (χ3v) is 7.59. The topological polar surface area (TPSA) is 85.5 Å². The highest BCUT2D eigenvalue weighted by Crippen LogP contribution is 2.45. The maximum Gasteiger partial charge on any atom is 0.273 e. The minimum absolute atomic E-state index is 0.00116. The summed E-state index contributed by atoms with van der Waals surface area (Å²) in [6.07, 6.45) is 6.50. The van der Waals surface area contributed by atoms with Crippen molar-refractivity contribution >= 4 is 23.0 Å². The highest BCUT2D eigenvalue weighted by molar-refractivity contribution is 7.80. The van der Waals surface area contributed by atoms with Crippen LogP contribution in [0.2, 0.25) is 0 Å². The zero-order valence-corrected chi connectivity index (χ0v) is 20.9. The molecule has 1 N–H and O–H groups in total. The molecule has 8 nitrogen and oxygen atoms in total. The van der Waals surface area contributed by atoms with Crippen LogP contribution in [0.5, 0.6) is 5.75 Å². The molecule has 0 unspecified atom stereocenters. The number of thiocarbonyl (C=S) groups is 1. The summed E-state index contributed by atoms with van der Waals surface area (Å²) < 4.78 is 7.68. The minimum atomic E-state index is -0.408. The zero-order valence-electron chi connectivity index (χ0n) is 20.1. The number of pyridine rings is 1. The van der Waals surface area contributed by atoms with Crippen LogP contribution in [0.4, 0.5) is 5.69 Å². The van der Waals surface area contributed by atoms with Gasteiger partial charge in [0.05, 0.1) is 41.6 Å². The van der Waals surface area contributed by atoms with E-state index in [2.05, 4.69) is 32.8 Å². The molecule has 2 atom stereocenters. The number of nitrogens with zero attached hydrogens (tertiary/aromatic N) is 4. The quantitative estimate of drug-likeness (QED) is 0.284. The fraction of sp³-hybridized carbons (Fsp3) is 0.385. The molecule has 5 rings (SSSR count). The average molecular weight is 492 g/mol. The average Bonchev–Trinajstić information content (AvgIpc) is 3.57. The Morgan fingerprint density at radius 2 is 1.94 bits per heavy atom. The summed E-state index contributed by atoms with van der Waals surface area (Å²) in [6, 6.07) is 13.2. The van der Waals surface area contributed by atoms with Gasteiger partial charge in [-0.2, -0.15) is 0 Å². The fourth-order valence-electron chi connectivity index (χ4n) is 5.70. The number of aromatic nitrogens is 2. The van der Waals surface area contributed by atoms with Crippen LogP contribution < -0.4 is 10.1 Å². The Morgan fingerprint density at radius 1 is 1.17 bits per heavy atom. The van der Waals surface area contributed by atoms with Crippen LogP contribution in [-0.4, -0.2) is 37.6 Å². The molecule has 2 fully saturated rings. The van der Waals surface area contributed by atoms with E-state index in [1.807, 2.05) is 31.3 Å². The van der Waals surface area contributed by atoms with E-state index in [4.69, 9.17) is 17.0 Å². The number of hydrogen-bond acceptors (Lipinski definition) is 5. The third kappa shape index (κ3) is 4.03. The first kappa shape index (κ1) is 23.3. The number of ether oxygens (including phenoxy) is 1. The molecule has 182 valence electrons. The van der Waals surface area contributed by atoms with Gasteiger partial charge >= 0.3 is 0 Å². The highest BCUT2D eigenvalue weighted by atomic mass is 32.1. The summed E-state index contributed by atoms with van der Waals surface area (Å²) in [7, 11) is 1.54. The van der Waals surface area contributed by atoms with E-state index in [1.54, 1.807) is 6.07 Å². The van der Waals surface area contributed by atoms with Gasteiger partial charge in [0.15, 0.2) is 5.11 Å². The first-order valence-corrected chi connectivity index (χ1v) is 12.3. The Hall–Kier alpha value is -3.46. The Balaban J connectivity index is 1.64. The second-order valence-electron chi connectivity index (χ2n) is 9.25. The smallest absolute Gasteiger partial charge is 0.273 e. The van der Waals surface area contributed by atoms with E-state index in [-0.39, 0.29) is 17.8 Å². The number of aryl methyl sites for hydroxylation is 1. The van der Waals surface area contributed by atoms with E-state index < -0.39 is 4.92 Å². The molecular formula is C26H29N5O3S. The van der Waals surface area contributed by atoms with Gasteiger partial charge in [0, 0.05) is 29.7 Å². The molecule has 0 radical (unpaired) electrons. The molecule has 3 aromatic rings. The van der Waals surface area contributed by atoms with Gasteiger partial charge in [-0.25, -0.2) is 0 Å². The lowest BCUT2D eigenvalue weighted by atomic mass is 9.95. The number of benzene rings is 1. The van der Waals surface area contributed by atoms with Crippen molar-refractivity contribution in [2.75, 3.05) is 7.11 Å². The summed E-state index contributed by atoms with van der Waals surface area (Å²) in [4.78, 5) is 18.0. The van der Waals surface area contributed by atoms with E-state index in [1.165, 1.54) is 32.1 Å². The molecule has 0 bridgehead atoms. The summed E-state index contributed by atoms with van der Waals surface area (Å²) in [5.41, 5.74) is 4.97. The third-order valence-electron chi connectivity index (χ3n) is 7.26. The number of nitro groups is 1. The van der Waals surface area contributed by atoms with E-state index in [9.17, 15) is 10.1 Å². The molecule has 1 saturated heterocycles. The van der Waals surface area contributed by atoms with Gasteiger partial charge in [0.25, 0.3) is 5.69 Å². The first-order chi connectivity index (χ1) is 16.9. The van der Waals surface area contributed by atoms with Crippen molar-refractivity contribution in [1.29, 1.82) is 0 Å². The Labute approximate surface area is 210 Å². The number of nitrogens with one attached hydrogen (secondary N) is 1. The van der Waals surface area contributed by atoms with Crippen LogP contribution in [-0.2, 0) is 0 Å². The van der Waals surface area contributed by atoms with Crippen molar-refractivity contribution in [1.82, 2.24) is 19.8 Å². The maximum atomic E-state index is 11.3. The van der Waals surface area contributed by atoms with Gasteiger partial charge < -0.3 is 19.5 Å². The molecule has 1 aliphatic carbocycles.